The van der Waals surface area contributed by atoms with Gasteiger partial charge in [0, 0.05) is 12.8 Å². The number of hydrogen-bond donors (Lipinski definition) is 2. The quantitative estimate of drug-likeness (QED) is 0.834. The fraction of sp³-hybridized carbons (Fsp3) is 0.692. The third-order valence-electron chi connectivity index (χ3n) is 3.29. The number of amides is 1. The third kappa shape index (κ3) is 5.21. The molecule has 0 radical (unpaired) electrons. The summed E-state index contributed by atoms with van der Waals surface area (Å²) in [5.41, 5.74) is 0.577. The van der Waals surface area contributed by atoms with Gasteiger partial charge in [0.15, 0.2) is 0 Å². The molecule has 0 aliphatic carbocycles. The predicted molar refractivity (Wildman–Crippen MR) is 73.4 cm³/mol. The first-order valence-corrected chi connectivity index (χ1v) is 7.08. The molecule has 0 saturated carbocycles. The molecule has 1 amide bonds. The average molecular weight is 320 g/mol. The van der Waals surface area contributed by atoms with Crippen LogP contribution in [0.25, 0.3) is 0 Å². The van der Waals surface area contributed by atoms with Crippen LogP contribution in [0, 0.1) is 0 Å². The van der Waals surface area contributed by atoms with Gasteiger partial charge in [0.25, 0.3) is 0 Å². The van der Waals surface area contributed by atoms with Gasteiger partial charge >= 0.3 is 6.18 Å². The Bertz CT molecular complexity index is 498. The van der Waals surface area contributed by atoms with Crippen molar-refractivity contribution in [3.63, 3.8) is 0 Å². The monoisotopic (exact) mass is 320 g/mol. The number of anilines is 1. The van der Waals surface area contributed by atoms with E-state index in [9.17, 15) is 18.0 Å². The number of carbonyl (C=O) groups is 1. The van der Waals surface area contributed by atoms with Crippen LogP contribution in [0.3, 0.4) is 0 Å². The van der Waals surface area contributed by atoms with Gasteiger partial charge in [0.1, 0.15) is 12.6 Å². The van der Waals surface area contributed by atoms with Crippen molar-refractivity contribution in [3.05, 3.63) is 12.4 Å². The Kier molecular flexibility index (Phi) is 5.28. The van der Waals surface area contributed by atoms with Gasteiger partial charge in [-0.05, 0) is 19.8 Å². The van der Waals surface area contributed by atoms with Gasteiger partial charge in [-0.15, -0.1) is 0 Å². The van der Waals surface area contributed by atoms with E-state index in [4.69, 9.17) is 4.74 Å². The van der Waals surface area contributed by atoms with Crippen LogP contribution >= 0.6 is 0 Å². The van der Waals surface area contributed by atoms with Crippen LogP contribution in [-0.4, -0.2) is 47.2 Å². The topological polar surface area (TPSA) is 68.2 Å². The van der Waals surface area contributed by atoms with Crippen molar-refractivity contribution in [1.29, 1.82) is 0 Å². The molecule has 22 heavy (non-hydrogen) atoms. The zero-order valence-electron chi connectivity index (χ0n) is 12.2. The summed E-state index contributed by atoms with van der Waals surface area (Å²) in [5, 5.41) is 8.79. The number of halogens is 3. The molecule has 2 N–H and O–H groups in total. The lowest BCUT2D eigenvalue weighted by Gasteiger charge is -2.15. The van der Waals surface area contributed by atoms with Gasteiger partial charge in [-0.3, -0.25) is 9.48 Å². The summed E-state index contributed by atoms with van der Waals surface area (Å²) in [5.74, 6) is -0.718. The Labute approximate surface area is 126 Å². The number of ether oxygens (including phenoxy) is 1. The van der Waals surface area contributed by atoms with Crippen molar-refractivity contribution in [2.75, 3.05) is 18.5 Å². The van der Waals surface area contributed by atoms with Gasteiger partial charge in [-0.25, -0.2) is 0 Å². The lowest BCUT2D eigenvalue weighted by Crippen LogP contribution is -2.42. The van der Waals surface area contributed by atoms with Crippen molar-refractivity contribution in [1.82, 2.24) is 15.1 Å². The highest BCUT2D eigenvalue weighted by Gasteiger charge is 2.28. The fourth-order valence-corrected chi connectivity index (χ4v) is 2.19. The maximum Gasteiger partial charge on any atom is 0.405 e. The van der Waals surface area contributed by atoms with E-state index in [1.807, 2.05) is 5.32 Å². The SMILES string of the molecule is CC(Nc1cnn(CC2CCCO2)c1)C(=O)NCC(F)(F)F. The zero-order valence-corrected chi connectivity index (χ0v) is 12.2. The molecular formula is C13H19F3N4O2. The molecule has 1 fully saturated rings. The van der Waals surface area contributed by atoms with Crippen molar-refractivity contribution in [2.24, 2.45) is 0 Å². The molecule has 124 valence electrons. The molecule has 0 spiro atoms. The average Bonchev–Trinajstić information content (AvgIpc) is 3.08. The van der Waals surface area contributed by atoms with Gasteiger partial charge in [0.2, 0.25) is 5.91 Å². The second-order valence-corrected chi connectivity index (χ2v) is 5.29. The lowest BCUT2D eigenvalue weighted by atomic mass is 10.2. The summed E-state index contributed by atoms with van der Waals surface area (Å²) >= 11 is 0. The Morgan fingerprint density at radius 2 is 2.36 bits per heavy atom. The molecule has 2 rings (SSSR count). The number of alkyl halides is 3. The van der Waals surface area contributed by atoms with Crippen LogP contribution in [0.5, 0.6) is 0 Å². The Balaban J connectivity index is 1.79. The first-order valence-electron chi connectivity index (χ1n) is 7.08. The van der Waals surface area contributed by atoms with E-state index in [0.717, 1.165) is 19.4 Å². The van der Waals surface area contributed by atoms with E-state index in [-0.39, 0.29) is 6.10 Å². The highest BCUT2D eigenvalue weighted by Crippen LogP contribution is 2.15. The number of aromatic nitrogens is 2. The largest absolute Gasteiger partial charge is 0.405 e. The summed E-state index contributed by atoms with van der Waals surface area (Å²) in [6, 6.07) is -0.789. The first kappa shape index (κ1) is 16.6. The van der Waals surface area contributed by atoms with Crippen molar-refractivity contribution < 1.29 is 22.7 Å². The van der Waals surface area contributed by atoms with Crippen LogP contribution in [0.4, 0.5) is 18.9 Å². The van der Waals surface area contributed by atoms with Crippen LogP contribution in [0.2, 0.25) is 0 Å². The van der Waals surface area contributed by atoms with E-state index in [0.29, 0.717) is 12.2 Å². The summed E-state index contributed by atoms with van der Waals surface area (Å²) in [4.78, 5) is 11.6. The van der Waals surface area contributed by atoms with E-state index in [1.54, 1.807) is 10.9 Å². The number of rotatable bonds is 6. The van der Waals surface area contributed by atoms with Gasteiger partial charge < -0.3 is 15.4 Å². The fourth-order valence-electron chi connectivity index (χ4n) is 2.19. The van der Waals surface area contributed by atoms with Gasteiger partial charge in [0.05, 0.1) is 24.5 Å². The molecule has 1 aromatic heterocycles. The van der Waals surface area contributed by atoms with Crippen LogP contribution < -0.4 is 10.6 Å². The number of carbonyl (C=O) groups excluding carboxylic acids is 1. The molecule has 0 bridgehead atoms. The molecule has 1 aliphatic heterocycles. The summed E-state index contributed by atoms with van der Waals surface area (Å²) in [6.07, 6.45) is 0.978. The Morgan fingerprint density at radius 1 is 1.59 bits per heavy atom. The smallest absolute Gasteiger partial charge is 0.376 e. The molecule has 2 unspecified atom stereocenters. The van der Waals surface area contributed by atoms with Crippen molar-refractivity contribution >= 4 is 11.6 Å². The van der Waals surface area contributed by atoms with E-state index >= 15 is 0 Å². The van der Waals surface area contributed by atoms with Crippen LogP contribution in [0.1, 0.15) is 19.8 Å². The maximum atomic E-state index is 12.0. The van der Waals surface area contributed by atoms with Crippen molar-refractivity contribution in [3.8, 4) is 0 Å². The molecule has 6 nitrogen and oxygen atoms in total. The summed E-state index contributed by atoms with van der Waals surface area (Å²) in [6.45, 7) is 1.53. The predicted octanol–water partition coefficient (Wildman–Crippen LogP) is 1.54. The molecule has 2 atom stereocenters. The molecule has 1 saturated heterocycles. The normalized spacial score (nSPS) is 19.9. The maximum absolute atomic E-state index is 12.0. The Morgan fingerprint density at radius 3 is 3.00 bits per heavy atom. The second-order valence-electron chi connectivity index (χ2n) is 5.29. The van der Waals surface area contributed by atoms with Gasteiger partial charge in [-0.2, -0.15) is 18.3 Å². The molecule has 1 aromatic rings. The minimum absolute atomic E-state index is 0.139. The summed E-state index contributed by atoms with van der Waals surface area (Å²) < 4.78 is 43.3. The molecule has 2 heterocycles. The lowest BCUT2D eigenvalue weighted by molar-refractivity contribution is -0.138. The van der Waals surface area contributed by atoms with E-state index in [2.05, 4.69) is 10.4 Å². The Hall–Kier alpha value is -1.77. The van der Waals surface area contributed by atoms with Gasteiger partial charge in [-0.1, -0.05) is 0 Å². The first-order chi connectivity index (χ1) is 10.3. The van der Waals surface area contributed by atoms with Crippen LogP contribution in [-0.2, 0) is 16.1 Å². The molecular weight excluding hydrogens is 301 g/mol. The number of hydrogen-bond acceptors (Lipinski definition) is 4. The van der Waals surface area contributed by atoms with E-state index < -0.39 is 24.7 Å². The minimum atomic E-state index is -4.42. The standard InChI is InChI=1S/C13H19F3N4O2/c1-9(12(21)17-8-13(14,15)16)19-10-5-18-20(6-10)7-11-3-2-4-22-11/h5-6,9,11,19H,2-4,7-8H2,1H3,(H,17,21). The molecule has 9 heteroatoms. The zero-order chi connectivity index (χ0) is 16.2. The molecule has 1 aliphatic rings. The van der Waals surface area contributed by atoms with Crippen LogP contribution in [0.15, 0.2) is 12.4 Å². The third-order valence-corrected chi connectivity index (χ3v) is 3.29. The highest BCUT2D eigenvalue weighted by atomic mass is 19.4. The second kappa shape index (κ2) is 6.99. The molecule has 0 aromatic carbocycles. The van der Waals surface area contributed by atoms with E-state index in [1.165, 1.54) is 13.1 Å². The number of nitrogens with zero attached hydrogens (tertiary/aromatic N) is 2. The highest BCUT2D eigenvalue weighted by molar-refractivity contribution is 5.84. The summed E-state index contributed by atoms with van der Waals surface area (Å²) in [7, 11) is 0. The number of nitrogens with one attached hydrogen (secondary N) is 2. The van der Waals surface area contributed by atoms with Crippen molar-refractivity contribution in [2.45, 2.75) is 44.6 Å². The minimum Gasteiger partial charge on any atom is -0.376 e.